The lowest BCUT2D eigenvalue weighted by Crippen LogP contribution is -2.31. The molecule has 86 valence electrons. The first kappa shape index (κ1) is 11.6. The van der Waals surface area contributed by atoms with Gasteiger partial charge in [-0.2, -0.15) is 11.8 Å². The molecule has 1 aliphatic heterocycles. The Morgan fingerprint density at radius 1 is 1.62 bits per heavy atom. The molecule has 2 atom stereocenters. The van der Waals surface area contributed by atoms with E-state index in [1.807, 2.05) is 0 Å². The number of halogens is 1. The van der Waals surface area contributed by atoms with Crippen molar-refractivity contribution < 1.29 is 14.6 Å². The van der Waals surface area contributed by atoms with Gasteiger partial charge in [-0.3, -0.25) is 4.79 Å². The van der Waals surface area contributed by atoms with Crippen molar-refractivity contribution in [3.8, 4) is 5.75 Å². The maximum atomic E-state index is 11.0. The molecule has 0 spiro atoms. The Labute approximate surface area is 103 Å². The second-order valence-electron chi connectivity index (χ2n) is 3.58. The molecule has 0 amide bonds. The van der Waals surface area contributed by atoms with E-state index in [1.54, 1.807) is 37.1 Å². The highest BCUT2D eigenvalue weighted by atomic mass is 35.5. The van der Waals surface area contributed by atoms with Gasteiger partial charge in [-0.25, -0.2) is 0 Å². The summed E-state index contributed by atoms with van der Waals surface area (Å²) < 4.78 is 5.22. The standard InChI is InChI=1S/C11H11ClO3S/c1-15-9-3-2-6(12)4-7(9)10-8(5-16-10)11(13)14/h2-4,8,10H,5H2,1H3,(H,13,14). The van der Waals surface area contributed by atoms with Crippen LogP contribution < -0.4 is 4.74 Å². The van der Waals surface area contributed by atoms with Crippen LogP contribution in [0.2, 0.25) is 5.02 Å². The number of ether oxygens (including phenoxy) is 1. The number of hydrogen-bond donors (Lipinski definition) is 1. The van der Waals surface area contributed by atoms with Crippen molar-refractivity contribution in [2.45, 2.75) is 5.25 Å². The number of aliphatic carboxylic acids is 1. The van der Waals surface area contributed by atoms with Gasteiger partial charge in [0, 0.05) is 21.6 Å². The van der Waals surface area contributed by atoms with Crippen LogP contribution >= 0.6 is 23.4 Å². The van der Waals surface area contributed by atoms with Gasteiger partial charge in [0.2, 0.25) is 0 Å². The monoisotopic (exact) mass is 258 g/mol. The van der Waals surface area contributed by atoms with Gasteiger partial charge in [-0.15, -0.1) is 0 Å². The molecular weight excluding hydrogens is 248 g/mol. The molecular formula is C11H11ClO3S. The highest BCUT2D eigenvalue weighted by Crippen LogP contribution is 2.50. The number of thioether (sulfide) groups is 1. The molecule has 2 rings (SSSR count). The smallest absolute Gasteiger partial charge is 0.308 e. The van der Waals surface area contributed by atoms with Crippen LogP contribution in [0, 0.1) is 5.92 Å². The zero-order valence-electron chi connectivity index (χ0n) is 8.64. The van der Waals surface area contributed by atoms with Crippen molar-refractivity contribution >= 4 is 29.3 Å². The van der Waals surface area contributed by atoms with Crippen molar-refractivity contribution in [1.82, 2.24) is 0 Å². The molecule has 0 aliphatic carbocycles. The van der Waals surface area contributed by atoms with Gasteiger partial charge in [-0.1, -0.05) is 11.6 Å². The zero-order chi connectivity index (χ0) is 11.7. The van der Waals surface area contributed by atoms with Crippen LogP contribution in [0.4, 0.5) is 0 Å². The lowest BCUT2D eigenvalue weighted by Gasteiger charge is -2.33. The Bertz CT molecular complexity index is 422. The normalized spacial score (nSPS) is 23.6. The van der Waals surface area contributed by atoms with Gasteiger partial charge in [-0.05, 0) is 18.2 Å². The largest absolute Gasteiger partial charge is 0.496 e. The minimum Gasteiger partial charge on any atom is -0.496 e. The Morgan fingerprint density at radius 3 is 2.88 bits per heavy atom. The topological polar surface area (TPSA) is 46.5 Å². The van der Waals surface area contributed by atoms with Gasteiger partial charge in [0.15, 0.2) is 0 Å². The van der Waals surface area contributed by atoms with Crippen molar-refractivity contribution in [1.29, 1.82) is 0 Å². The molecule has 1 aromatic carbocycles. The summed E-state index contributed by atoms with van der Waals surface area (Å²) in [6.07, 6.45) is 0. The summed E-state index contributed by atoms with van der Waals surface area (Å²) in [6, 6.07) is 5.30. The Balaban J connectivity index is 2.32. The van der Waals surface area contributed by atoms with E-state index in [2.05, 4.69) is 0 Å². The maximum Gasteiger partial charge on any atom is 0.308 e. The third kappa shape index (κ3) is 1.99. The van der Waals surface area contributed by atoms with Crippen LogP contribution in [0.15, 0.2) is 18.2 Å². The van der Waals surface area contributed by atoms with Gasteiger partial charge >= 0.3 is 5.97 Å². The van der Waals surface area contributed by atoms with Crippen LogP contribution in [0.5, 0.6) is 5.75 Å². The van der Waals surface area contributed by atoms with Crippen LogP contribution in [0.1, 0.15) is 10.8 Å². The lowest BCUT2D eigenvalue weighted by molar-refractivity contribution is -0.141. The number of carboxylic acid groups (broad SMARTS) is 1. The van der Waals surface area contributed by atoms with Gasteiger partial charge in [0.25, 0.3) is 0 Å². The van der Waals surface area contributed by atoms with Crippen molar-refractivity contribution in [2.75, 3.05) is 12.9 Å². The molecule has 1 aromatic rings. The minimum atomic E-state index is -0.759. The molecule has 1 fully saturated rings. The highest BCUT2D eigenvalue weighted by molar-refractivity contribution is 8.01. The third-order valence-corrected chi connectivity index (χ3v) is 4.36. The lowest BCUT2D eigenvalue weighted by atomic mass is 9.98. The van der Waals surface area contributed by atoms with E-state index >= 15 is 0 Å². The quantitative estimate of drug-likeness (QED) is 0.906. The number of carboxylic acids is 1. The average Bonchev–Trinajstić information content (AvgIpc) is 2.15. The predicted molar refractivity (Wildman–Crippen MR) is 64.3 cm³/mol. The summed E-state index contributed by atoms with van der Waals surface area (Å²) in [6.45, 7) is 0. The molecule has 1 N–H and O–H groups in total. The second kappa shape index (κ2) is 4.55. The molecule has 1 saturated heterocycles. The average molecular weight is 259 g/mol. The number of rotatable bonds is 3. The molecule has 0 bridgehead atoms. The number of hydrogen-bond acceptors (Lipinski definition) is 3. The second-order valence-corrected chi connectivity index (χ2v) is 5.20. The first-order valence-electron chi connectivity index (χ1n) is 4.81. The summed E-state index contributed by atoms with van der Waals surface area (Å²) >= 11 is 7.53. The summed E-state index contributed by atoms with van der Waals surface area (Å²) in [5.41, 5.74) is 0.874. The third-order valence-electron chi connectivity index (χ3n) is 2.64. The first-order valence-corrected chi connectivity index (χ1v) is 6.24. The van der Waals surface area contributed by atoms with Crippen LogP contribution in [0.3, 0.4) is 0 Å². The molecule has 0 aromatic heterocycles. The molecule has 5 heteroatoms. The van der Waals surface area contributed by atoms with E-state index in [9.17, 15) is 4.79 Å². The highest BCUT2D eigenvalue weighted by Gasteiger charge is 2.40. The van der Waals surface area contributed by atoms with Crippen molar-refractivity contribution in [2.24, 2.45) is 5.92 Å². The summed E-state index contributed by atoms with van der Waals surface area (Å²) in [7, 11) is 1.58. The van der Waals surface area contributed by atoms with Gasteiger partial charge in [0.1, 0.15) is 5.75 Å². The minimum absolute atomic E-state index is 0.0499. The van der Waals surface area contributed by atoms with Gasteiger partial charge in [0.05, 0.1) is 13.0 Å². The zero-order valence-corrected chi connectivity index (χ0v) is 10.2. The molecule has 16 heavy (non-hydrogen) atoms. The van der Waals surface area contributed by atoms with E-state index in [0.29, 0.717) is 16.5 Å². The summed E-state index contributed by atoms with van der Waals surface area (Å²) in [5.74, 6) is 0.256. The molecule has 1 heterocycles. The fraction of sp³-hybridized carbons (Fsp3) is 0.364. The van der Waals surface area contributed by atoms with E-state index in [0.717, 1.165) is 5.56 Å². The SMILES string of the molecule is COc1ccc(Cl)cc1C1SCC1C(=O)O. The molecule has 0 saturated carbocycles. The van der Waals surface area contributed by atoms with Gasteiger partial charge < -0.3 is 9.84 Å². The fourth-order valence-corrected chi connectivity index (χ4v) is 3.10. The first-order chi connectivity index (χ1) is 7.63. The van der Waals surface area contributed by atoms with Crippen LogP contribution in [-0.2, 0) is 4.79 Å². The maximum absolute atomic E-state index is 11.0. The Hall–Kier alpha value is -0.870. The molecule has 1 aliphatic rings. The Kier molecular flexibility index (Phi) is 3.30. The van der Waals surface area contributed by atoms with E-state index in [1.165, 1.54) is 0 Å². The molecule has 0 radical (unpaired) electrons. The summed E-state index contributed by atoms with van der Waals surface area (Å²) in [5, 5.41) is 9.56. The number of carbonyl (C=O) groups is 1. The molecule has 2 unspecified atom stereocenters. The van der Waals surface area contributed by atoms with E-state index in [-0.39, 0.29) is 11.2 Å². The Morgan fingerprint density at radius 2 is 2.38 bits per heavy atom. The van der Waals surface area contributed by atoms with E-state index < -0.39 is 5.97 Å². The fourth-order valence-electron chi connectivity index (χ4n) is 1.72. The van der Waals surface area contributed by atoms with E-state index in [4.69, 9.17) is 21.4 Å². The number of benzene rings is 1. The predicted octanol–water partition coefficient (Wildman–Crippen LogP) is 2.84. The van der Waals surface area contributed by atoms with Crippen molar-refractivity contribution in [3.63, 3.8) is 0 Å². The van der Waals surface area contributed by atoms with Crippen LogP contribution in [-0.4, -0.2) is 23.9 Å². The summed E-state index contributed by atoms with van der Waals surface area (Å²) in [4.78, 5) is 11.0. The van der Waals surface area contributed by atoms with Crippen molar-refractivity contribution in [3.05, 3.63) is 28.8 Å². The number of methoxy groups -OCH3 is 1. The molecule has 3 nitrogen and oxygen atoms in total. The van der Waals surface area contributed by atoms with Crippen LogP contribution in [0.25, 0.3) is 0 Å².